The van der Waals surface area contributed by atoms with E-state index in [4.69, 9.17) is 9.47 Å². The first-order valence-corrected chi connectivity index (χ1v) is 9.04. The molecule has 3 rings (SSSR count). The molecule has 7 heteroatoms. The summed E-state index contributed by atoms with van der Waals surface area (Å²) in [5.41, 5.74) is 3.63. The SMILES string of the molecule is COc1ccc(NC(=O)c2cc(Nc3ccc(N(C)C)cc3)ccn2)c(OC)c1. The predicted molar refractivity (Wildman–Crippen MR) is 116 cm³/mol. The molecule has 0 unspecified atom stereocenters. The van der Waals surface area contributed by atoms with E-state index in [1.807, 2.05) is 49.3 Å². The van der Waals surface area contributed by atoms with Crippen LogP contribution >= 0.6 is 0 Å². The minimum absolute atomic E-state index is 0.290. The molecule has 0 bridgehead atoms. The van der Waals surface area contributed by atoms with E-state index >= 15 is 0 Å². The molecule has 0 aliphatic rings. The zero-order chi connectivity index (χ0) is 20.8. The number of hydrogen-bond acceptors (Lipinski definition) is 6. The van der Waals surface area contributed by atoms with Crippen LogP contribution in [0.25, 0.3) is 0 Å². The number of benzene rings is 2. The van der Waals surface area contributed by atoms with Crippen molar-refractivity contribution in [3.8, 4) is 11.5 Å². The number of aromatic nitrogens is 1. The van der Waals surface area contributed by atoms with Crippen molar-refractivity contribution < 1.29 is 14.3 Å². The summed E-state index contributed by atoms with van der Waals surface area (Å²) < 4.78 is 10.5. The lowest BCUT2D eigenvalue weighted by molar-refractivity contribution is 0.102. The molecular formula is C22H24N4O3. The van der Waals surface area contributed by atoms with E-state index in [0.29, 0.717) is 17.2 Å². The van der Waals surface area contributed by atoms with Gasteiger partial charge in [0.1, 0.15) is 17.2 Å². The highest BCUT2D eigenvalue weighted by molar-refractivity contribution is 6.04. The molecule has 2 aromatic carbocycles. The molecule has 0 aliphatic carbocycles. The van der Waals surface area contributed by atoms with Gasteiger partial charge in [0, 0.05) is 43.4 Å². The monoisotopic (exact) mass is 392 g/mol. The van der Waals surface area contributed by atoms with Gasteiger partial charge in [0.25, 0.3) is 5.91 Å². The number of rotatable bonds is 7. The van der Waals surface area contributed by atoms with Gasteiger partial charge in [-0.15, -0.1) is 0 Å². The normalized spacial score (nSPS) is 10.2. The molecule has 150 valence electrons. The Bertz CT molecular complexity index is 988. The lowest BCUT2D eigenvalue weighted by atomic mass is 10.2. The summed E-state index contributed by atoms with van der Waals surface area (Å²) in [7, 11) is 7.10. The van der Waals surface area contributed by atoms with E-state index in [1.54, 1.807) is 37.6 Å². The zero-order valence-corrected chi connectivity index (χ0v) is 16.9. The average Bonchev–Trinajstić information content (AvgIpc) is 2.74. The van der Waals surface area contributed by atoms with Crippen LogP contribution in [0.5, 0.6) is 11.5 Å². The number of carbonyl (C=O) groups is 1. The van der Waals surface area contributed by atoms with Crippen LogP contribution in [-0.2, 0) is 0 Å². The number of amides is 1. The third kappa shape index (κ3) is 4.95. The van der Waals surface area contributed by atoms with Gasteiger partial charge in [-0.3, -0.25) is 9.78 Å². The molecule has 0 fully saturated rings. The van der Waals surface area contributed by atoms with Gasteiger partial charge in [0.2, 0.25) is 0 Å². The van der Waals surface area contributed by atoms with Gasteiger partial charge >= 0.3 is 0 Å². The summed E-state index contributed by atoms with van der Waals surface area (Å²) in [6, 6.07) is 16.7. The van der Waals surface area contributed by atoms with E-state index in [1.165, 1.54) is 7.11 Å². The smallest absolute Gasteiger partial charge is 0.274 e. The van der Waals surface area contributed by atoms with Crippen molar-refractivity contribution in [2.45, 2.75) is 0 Å². The summed E-state index contributed by atoms with van der Waals surface area (Å²) in [5.74, 6) is 0.817. The molecule has 0 atom stereocenters. The number of pyridine rings is 1. The van der Waals surface area contributed by atoms with Crippen molar-refractivity contribution in [1.29, 1.82) is 0 Å². The van der Waals surface area contributed by atoms with Crippen molar-refractivity contribution in [2.75, 3.05) is 43.8 Å². The van der Waals surface area contributed by atoms with E-state index in [9.17, 15) is 4.79 Å². The summed E-state index contributed by atoms with van der Waals surface area (Å²) in [6.07, 6.45) is 1.59. The Balaban J connectivity index is 1.74. The number of hydrogen-bond donors (Lipinski definition) is 2. The van der Waals surface area contributed by atoms with Gasteiger partial charge in [0.05, 0.1) is 19.9 Å². The maximum atomic E-state index is 12.7. The molecule has 1 aromatic heterocycles. The summed E-state index contributed by atoms with van der Waals surface area (Å²) in [4.78, 5) is 18.9. The van der Waals surface area contributed by atoms with Crippen LogP contribution in [-0.4, -0.2) is 39.2 Å². The summed E-state index contributed by atoms with van der Waals surface area (Å²) >= 11 is 0. The molecule has 7 nitrogen and oxygen atoms in total. The highest BCUT2D eigenvalue weighted by atomic mass is 16.5. The Kier molecular flexibility index (Phi) is 6.19. The zero-order valence-electron chi connectivity index (χ0n) is 16.9. The summed E-state index contributed by atoms with van der Waals surface area (Å²) in [6.45, 7) is 0. The van der Waals surface area contributed by atoms with Gasteiger partial charge in [-0.05, 0) is 48.5 Å². The molecule has 29 heavy (non-hydrogen) atoms. The second-order valence-electron chi connectivity index (χ2n) is 6.52. The van der Waals surface area contributed by atoms with Crippen LogP contribution in [0.15, 0.2) is 60.8 Å². The van der Waals surface area contributed by atoms with Crippen molar-refractivity contribution in [3.63, 3.8) is 0 Å². The molecule has 1 amide bonds. The molecule has 2 N–H and O–H groups in total. The Labute approximate surface area is 170 Å². The molecule has 0 aliphatic heterocycles. The standard InChI is InChI=1S/C22H24N4O3/c1-26(2)17-7-5-15(6-8-17)24-16-11-12-23-20(13-16)22(27)25-19-10-9-18(28-3)14-21(19)29-4/h5-14H,1-4H3,(H,23,24)(H,25,27). The molecule has 0 radical (unpaired) electrons. The van der Waals surface area contributed by atoms with Gasteiger partial charge in [-0.2, -0.15) is 0 Å². The van der Waals surface area contributed by atoms with Crippen LogP contribution in [0, 0.1) is 0 Å². The molecule has 0 saturated carbocycles. The molecule has 1 heterocycles. The maximum absolute atomic E-state index is 12.7. The highest BCUT2D eigenvalue weighted by Crippen LogP contribution is 2.29. The average molecular weight is 392 g/mol. The van der Waals surface area contributed by atoms with E-state index in [0.717, 1.165) is 17.1 Å². The Morgan fingerprint density at radius 3 is 2.34 bits per heavy atom. The lowest BCUT2D eigenvalue weighted by Crippen LogP contribution is -2.14. The van der Waals surface area contributed by atoms with Gasteiger partial charge in [0.15, 0.2) is 0 Å². The molecule has 3 aromatic rings. The third-order valence-corrected chi connectivity index (χ3v) is 4.32. The van der Waals surface area contributed by atoms with E-state index < -0.39 is 0 Å². The summed E-state index contributed by atoms with van der Waals surface area (Å²) in [5, 5.41) is 6.11. The maximum Gasteiger partial charge on any atom is 0.274 e. The van der Waals surface area contributed by atoms with Gasteiger partial charge in [-0.1, -0.05) is 0 Å². The lowest BCUT2D eigenvalue weighted by Gasteiger charge is -2.14. The largest absolute Gasteiger partial charge is 0.497 e. The third-order valence-electron chi connectivity index (χ3n) is 4.32. The van der Waals surface area contributed by atoms with Crippen LogP contribution in [0.2, 0.25) is 0 Å². The Morgan fingerprint density at radius 1 is 0.931 bits per heavy atom. The first-order valence-electron chi connectivity index (χ1n) is 9.04. The van der Waals surface area contributed by atoms with Crippen LogP contribution in [0.4, 0.5) is 22.7 Å². The fourth-order valence-corrected chi connectivity index (χ4v) is 2.73. The topological polar surface area (TPSA) is 75.7 Å². The van der Waals surface area contributed by atoms with Crippen molar-refractivity contribution in [2.24, 2.45) is 0 Å². The van der Waals surface area contributed by atoms with Crippen molar-refractivity contribution >= 4 is 28.7 Å². The van der Waals surface area contributed by atoms with Crippen LogP contribution < -0.4 is 25.0 Å². The minimum Gasteiger partial charge on any atom is -0.497 e. The highest BCUT2D eigenvalue weighted by Gasteiger charge is 2.12. The second-order valence-corrected chi connectivity index (χ2v) is 6.52. The number of carbonyl (C=O) groups excluding carboxylic acids is 1. The van der Waals surface area contributed by atoms with E-state index in [2.05, 4.69) is 15.6 Å². The molecule has 0 saturated heterocycles. The fraction of sp³-hybridized carbons (Fsp3) is 0.182. The number of anilines is 4. The number of nitrogens with one attached hydrogen (secondary N) is 2. The van der Waals surface area contributed by atoms with Gasteiger partial charge < -0.3 is 25.0 Å². The molecule has 0 spiro atoms. The second kappa shape index (κ2) is 8.97. The van der Waals surface area contributed by atoms with Crippen LogP contribution in [0.3, 0.4) is 0 Å². The number of methoxy groups -OCH3 is 2. The minimum atomic E-state index is -0.333. The van der Waals surface area contributed by atoms with Crippen molar-refractivity contribution in [3.05, 3.63) is 66.5 Å². The molecular weight excluding hydrogens is 368 g/mol. The number of nitrogens with zero attached hydrogens (tertiary/aromatic N) is 2. The van der Waals surface area contributed by atoms with Crippen LogP contribution in [0.1, 0.15) is 10.5 Å². The van der Waals surface area contributed by atoms with Crippen molar-refractivity contribution in [1.82, 2.24) is 4.98 Å². The Morgan fingerprint density at radius 2 is 1.69 bits per heavy atom. The predicted octanol–water partition coefficient (Wildman–Crippen LogP) is 4.16. The van der Waals surface area contributed by atoms with Gasteiger partial charge in [-0.25, -0.2) is 0 Å². The van der Waals surface area contributed by atoms with E-state index in [-0.39, 0.29) is 11.6 Å². The quantitative estimate of drug-likeness (QED) is 0.629. The Hall–Kier alpha value is -3.74. The first kappa shape index (κ1) is 20.0. The fourth-order valence-electron chi connectivity index (χ4n) is 2.73. The first-order chi connectivity index (χ1) is 14.0. The number of ether oxygens (including phenoxy) is 2.